The number of anilines is 1. The molecule has 1 aromatic rings. The van der Waals surface area contributed by atoms with Gasteiger partial charge in [-0.1, -0.05) is 0 Å². The van der Waals surface area contributed by atoms with Gasteiger partial charge in [0, 0.05) is 13.1 Å². The van der Waals surface area contributed by atoms with Gasteiger partial charge in [0.2, 0.25) is 0 Å². The minimum absolute atomic E-state index is 0.397. The Kier molecular flexibility index (Phi) is 2.71. The summed E-state index contributed by atoms with van der Waals surface area (Å²) < 4.78 is 10.5. The van der Waals surface area contributed by atoms with Crippen LogP contribution in [-0.2, 0) is 10.6 Å². The van der Waals surface area contributed by atoms with E-state index in [-0.39, 0.29) is 0 Å². The van der Waals surface area contributed by atoms with Crippen molar-refractivity contribution in [2.24, 2.45) is 0 Å². The first-order valence-electron chi connectivity index (χ1n) is 4.23. The maximum absolute atomic E-state index is 5.61. The van der Waals surface area contributed by atoms with Gasteiger partial charge in [-0.25, -0.2) is 0 Å². The van der Waals surface area contributed by atoms with Crippen LogP contribution in [0.4, 0.5) is 6.01 Å². The molecule has 1 aliphatic rings. The van der Waals surface area contributed by atoms with E-state index in [0.717, 1.165) is 32.0 Å². The van der Waals surface area contributed by atoms with E-state index in [1.165, 1.54) is 0 Å². The number of halogens is 1. The number of ether oxygens (including phenoxy) is 1. The molecule has 0 amide bonds. The number of alkyl halides is 1. The third-order valence-electron chi connectivity index (χ3n) is 1.96. The van der Waals surface area contributed by atoms with Crippen molar-refractivity contribution in [2.45, 2.75) is 5.88 Å². The van der Waals surface area contributed by atoms with E-state index in [0.29, 0.717) is 11.9 Å². The van der Waals surface area contributed by atoms with Gasteiger partial charge in [-0.2, -0.15) is 4.98 Å². The molecule has 1 aliphatic heterocycles. The van der Waals surface area contributed by atoms with Crippen LogP contribution < -0.4 is 4.90 Å². The maximum atomic E-state index is 5.61. The average molecular weight is 203 g/mol. The first kappa shape index (κ1) is 8.84. The normalized spacial score (nSPS) is 17.8. The minimum Gasteiger partial charge on any atom is -0.432 e. The molecule has 0 radical (unpaired) electrons. The first-order chi connectivity index (χ1) is 6.40. The number of hydrogen-bond donors (Lipinski definition) is 0. The topological polar surface area (TPSA) is 38.5 Å². The van der Waals surface area contributed by atoms with Crippen LogP contribution in [0.3, 0.4) is 0 Å². The molecule has 0 spiro atoms. The van der Waals surface area contributed by atoms with Gasteiger partial charge in [-0.3, -0.25) is 0 Å². The summed E-state index contributed by atoms with van der Waals surface area (Å²) in [5, 5.41) is 0. The van der Waals surface area contributed by atoms with Crippen molar-refractivity contribution < 1.29 is 9.15 Å². The fourth-order valence-corrected chi connectivity index (χ4v) is 1.38. The van der Waals surface area contributed by atoms with E-state index < -0.39 is 0 Å². The van der Waals surface area contributed by atoms with Gasteiger partial charge >= 0.3 is 0 Å². The lowest BCUT2D eigenvalue weighted by atomic mass is 10.4. The van der Waals surface area contributed by atoms with Crippen LogP contribution in [0.2, 0.25) is 0 Å². The summed E-state index contributed by atoms with van der Waals surface area (Å²) in [4.78, 5) is 6.28. The van der Waals surface area contributed by atoms with Crippen molar-refractivity contribution in [1.82, 2.24) is 4.98 Å². The molecule has 0 unspecified atom stereocenters. The first-order valence-corrected chi connectivity index (χ1v) is 4.76. The van der Waals surface area contributed by atoms with Crippen LogP contribution in [0.5, 0.6) is 0 Å². The predicted molar refractivity (Wildman–Crippen MR) is 49.1 cm³/mol. The van der Waals surface area contributed by atoms with E-state index in [4.69, 9.17) is 20.8 Å². The Hall–Kier alpha value is -0.740. The highest BCUT2D eigenvalue weighted by Crippen LogP contribution is 2.15. The summed E-state index contributed by atoms with van der Waals surface area (Å²) in [5.74, 6) is 0.397. The molecule has 0 aliphatic carbocycles. The fraction of sp³-hybridized carbons (Fsp3) is 0.625. The van der Waals surface area contributed by atoms with Crippen LogP contribution in [0.1, 0.15) is 5.69 Å². The van der Waals surface area contributed by atoms with Gasteiger partial charge in [0.25, 0.3) is 6.01 Å². The molecule has 0 saturated carbocycles. The molecule has 2 rings (SSSR count). The predicted octanol–water partition coefficient (Wildman–Crippen LogP) is 1.25. The largest absolute Gasteiger partial charge is 0.432 e. The molecular formula is C8H11ClN2O2. The molecule has 4 nitrogen and oxygen atoms in total. The molecule has 0 bridgehead atoms. The van der Waals surface area contributed by atoms with E-state index >= 15 is 0 Å². The molecule has 0 aromatic carbocycles. The van der Waals surface area contributed by atoms with Gasteiger partial charge in [0.15, 0.2) is 0 Å². The van der Waals surface area contributed by atoms with Crippen LogP contribution in [0.15, 0.2) is 10.7 Å². The number of oxazole rings is 1. The summed E-state index contributed by atoms with van der Waals surface area (Å²) in [6.45, 7) is 3.14. The van der Waals surface area contributed by atoms with Crippen LogP contribution in [0.25, 0.3) is 0 Å². The summed E-state index contributed by atoms with van der Waals surface area (Å²) in [6.07, 6.45) is 1.60. The number of hydrogen-bond acceptors (Lipinski definition) is 4. The van der Waals surface area contributed by atoms with Crippen molar-refractivity contribution >= 4 is 17.6 Å². The molecule has 13 heavy (non-hydrogen) atoms. The van der Waals surface area contributed by atoms with Crippen LogP contribution in [-0.4, -0.2) is 31.3 Å². The summed E-state index contributed by atoms with van der Waals surface area (Å²) in [7, 11) is 0. The van der Waals surface area contributed by atoms with Gasteiger partial charge in [-0.15, -0.1) is 11.6 Å². The van der Waals surface area contributed by atoms with Crippen molar-refractivity contribution in [3.8, 4) is 0 Å². The van der Waals surface area contributed by atoms with Gasteiger partial charge in [0.1, 0.15) is 6.26 Å². The number of nitrogens with zero attached hydrogens (tertiary/aromatic N) is 2. The Morgan fingerprint density at radius 3 is 2.85 bits per heavy atom. The molecule has 72 valence electrons. The minimum atomic E-state index is 0.397. The van der Waals surface area contributed by atoms with Crippen molar-refractivity contribution in [2.75, 3.05) is 31.2 Å². The lowest BCUT2D eigenvalue weighted by Gasteiger charge is -2.24. The standard InChI is InChI=1S/C8H11ClN2O2/c9-5-7-6-13-8(10-7)11-1-3-12-4-2-11/h6H,1-5H2. The second-order valence-corrected chi connectivity index (χ2v) is 3.12. The van der Waals surface area contributed by atoms with Crippen molar-refractivity contribution in [3.05, 3.63) is 12.0 Å². The average Bonchev–Trinajstić information content (AvgIpc) is 2.67. The third kappa shape index (κ3) is 1.95. The SMILES string of the molecule is ClCc1coc(N2CCOCC2)n1. The Morgan fingerprint density at radius 1 is 1.46 bits per heavy atom. The molecule has 1 saturated heterocycles. The fourth-order valence-electron chi connectivity index (χ4n) is 1.26. The number of aromatic nitrogens is 1. The highest BCUT2D eigenvalue weighted by molar-refractivity contribution is 6.16. The molecular weight excluding hydrogens is 192 g/mol. The Balaban J connectivity index is 2.05. The van der Waals surface area contributed by atoms with Gasteiger partial charge < -0.3 is 14.1 Å². The Morgan fingerprint density at radius 2 is 2.23 bits per heavy atom. The Bertz CT molecular complexity index is 271. The van der Waals surface area contributed by atoms with E-state index in [1.54, 1.807) is 6.26 Å². The monoisotopic (exact) mass is 202 g/mol. The zero-order valence-electron chi connectivity index (χ0n) is 7.20. The van der Waals surface area contributed by atoms with Crippen molar-refractivity contribution in [1.29, 1.82) is 0 Å². The number of rotatable bonds is 2. The van der Waals surface area contributed by atoms with E-state index in [9.17, 15) is 0 Å². The smallest absolute Gasteiger partial charge is 0.297 e. The zero-order valence-corrected chi connectivity index (χ0v) is 7.96. The third-order valence-corrected chi connectivity index (χ3v) is 2.23. The molecule has 1 aromatic heterocycles. The van der Waals surface area contributed by atoms with Crippen molar-refractivity contribution in [3.63, 3.8) is 0 Å². The molecule has 1 fully saturated rings. The molecule has 0 N–H and O–H groups in total. The molecule has 2 heterocycles. The zero-order chi connectivity index (χ0) is 9.10. The second kappa shape index (κ2) is 3.98. The molecule has 5 heteroatoms. The lowest BCUT2D eigenvalue weighted by molar-refractivity contribution is 0.120. The highest BCUT2D eigenvalue weighted by atomic mass is 35.5. The summed E-state index contributed by atoms with van der Waals surface area (Å²) in [5.41, 5.74) is 0.781. The second-order valence-electron chi connectivity index (χ2n) is 2.85. The van der Waals surface area contributed by atoms with Crippen LogP contribution in [0, 0.1) is 0 Å². The van der Waals surface area contributed by atoms with E-state index in [2.05, 4.69) is 9.88 Å². The van der Waals surface area contributed by atoms with Crippen LogP contribution >= 0.6 is 11.6 Å². The lowest BCUT2D eigenvalue weighted by Crippen LogP contribution is -2.36. The van der Waals surface area contributed by atoms with Gasteiger partial charge in [0.05, 0.1) is 24.8 Å². The maximum Gasteiger partial charge on any atom is 0.297 e. The number of morpholine rings is 1. The quantitative estimate of drug-likeness (QED) is 0.677. The van der Waals surface area contributed by atoms with E-state index in [1.807, 2.05) is 0 Å². The highest BCUT2D eigenvalue weighted by Gasteiger charge is 2.15. The summed E-state index contributed by atoms with van der Waals surface area (Å²) in [6, 6.07) is 0.652. The Labute approximate surface area is 81.4 Å². The molecule has 0 atom stereocenters. The summed E-state index contributed by atoms with van der Waals surface area (Å²) >= 11 is 5.61. The van der Waals surface area contributed by atoms with Gasteiger partial charge in [-0.05, 0) is 0 Å².